The molecule has 0 aliphatic carbocycles. The molecule has 2 rings (SSSR count). The number of hydrogen-bond acceptors (Lipinski definition) is 3. The number of aromatic nitrogens is 2. The second-order valence-electron chi connectivity index (χ2n) is 3.68. The van der Waals surface area contributed by atoms with Gasteiger partial charge in [0.2, 0.25) is 0 Å². The topological polar surface area (TPSA) is 70.1 Å². The van der Waals surface area contributed by atoms with Crippen LogP contribution in [0.3, 0.4) is 0 Å². The predicted molar refractivity (Wildman–Crippen MR) is 64.2 cm³/mol. The van der Waals surface area contributed by atoms with E-state index in [1.54, 1.807) is 0 Å². The summed E-state index contributed by atoms with van der Waals surface area (Å²) in [6.45, 7) is 0. The number of benzene rings is 1. The second kappa shape index (κ2) is 5.20. The first-order chi connectivity index (χ1) is 9.30. The van der Waals surface area contributed by atoms with Crippen LogP contribution in [0.15, 0.2) is 30.5 Å². The van der Waals surface area contributed by atoms with Crippen LogP contribution in [0.4, 0.5) is 18.0 Å². The van der Waals surface area contributed by atoms with Gasteiger partial charge in [0, 0.05) is 0 Å². The molecule has 20 heavy (non-hydrogen) atoms. The minimum absolute atomic E-state index is 0.0190. The molecule has 5 nitrogen and oxygen atoms in total. The van der Waals surface area contributed by atoms with Crippen molar-refractivity contribution in [2.45, 2.75) is 6.18 Å². The van der Waals surface area contributed by atoms with E-state index in [-0.39, 0.29) is 15.9 Å². The number of nitrogens with two attached hydrogens (primary N) is 1. The van der Waals surface area contributed by atoms with E-state index in [1.165, 1.54) is 18.2 Å². The summed E-state index contributed by atoms with van der Waals surface area (Å²) < 4.78 is 44.6. The number of para-hydroxylation sites is 1. The molecule has 2 radical (unpaired) electrons. The average Bonchev–Trinajstić information content (AvgIpc) is 2.69. The van der Waals surface area contributed by atoms with Gasteiger partial charge in [-0.1, -0.05) is 0 Å². The molecule has 0 atom stereocenters. The molecule has 0 saturated heterocycles. The minimum atomic E-state index is -4.52. The maximum atomic E-state index is 12.9. The molecule has 104 valence electrons. The first kappa shape index (κ1) is 14.5. The zero-order valence-electron chi connectivity index (χ0n) is 9.76. The number of nitrogens with zero attached hydrogens (tertiary/aromatic N) is 2. The standard InChI is InChI=1S/C11H7AsF3N3O2/c12-9-8(20-10(16)19)5-17-18(9)7-4-2-1-3-6(7)11(13,14)15/h1-5H,(H2,16,19). The van der Waals surface area contributed by atoms with Crippen molar-refractivity contribution in [3.05, 3.63) is 36.0 Å². The van der Waals surface area contributed by atoms with Crippen molar-refractivity contribution >= 4 is 27.4 Å². The number of ether oxygens (including phenoxy) is 1. The Hall–Kier alpha value is -1.95. The molecule has 9 heteroatoms. The number of carbonyl (C=O) groups excluding carboxylic acids is 1. The maximum absolute atomic E-state index is 12.9. The Morgan fingerprint density at radius 2 is 2.00 bits per heavy atom. The molecule has 1 aromatic carbocycles. The van der Waals surface area contributed by atoms with Crippen LogP contribution >= 0.6 is 0 Å². The summed E-state index contributed by atoms with van der Waals surface area (Å²) in [5.74, 6) is -0.0190. The number of alkyl halides is 3. The summed E-state index contributed by atoms with van der Waals surface area (Å²) in [4.78, 5) is 10.7. The molecule has 1 heterocycles. The van der Waals surface area contributed by atoms with Crippen LogP contribution < -0.4 is 15.0 Å². The quantitative estimate of drug-likeness (QED) is 0.830. The summed E-state index contributed by atoms with van der Waals surface area (Å²) >= 11 is 1.99. The molecule has 2 aromatic rings. The zero-order valence-corrected chi connectivity index (χ0v) is 11.6. The third-order valence-corrected chi connectivity index (χ3v) is 3.22. The summed E-state index contributed by atoms with van der Waals surface area (Å²) in [5, 5.41) is 3.78. The monoisotopic (exact) mass is 345 g/mol. The van der Waals surface area contributed by atoms with Crippen molar-refractivity contribution in [3.8, 4) is 11.4 Å². The predicted octanol–water partition coefficient (Wildman–Crippen LogP) is 1.14. The number of rotatable bonds is 2. The molecule has 2 N–H and O–H groups in total. The number of amides is 1. The second-order valence-corrected chi connectivity index (χ2v) is 4.57. The van der Waals surface area contributed by atoms with Crippen molar-refractivity contribution in [2.75, 3.05) is 0 Å². The average molecular weight is 345 g/mol. The summed E-state index contributed by atoms with van der Waals surface area (Å²) in [6, 6.07) is 4.94. The van der Waals surface area contributed by atoms with Gasteiger partial charge in [-0.25, -0.2) is 0 Å². The van der Waals surface area contributed by atoms with Gasteiger partial charge in [0.1, 0.15) is 0 Å². The Morgan fingerprint density at radius 3 is 2.60 bits per heavy atom. The van der Waals surface area contributed by atoms with Gasteiger partial charge >= 0.3 is 119 Å². The van der Waals surface area contributed by atoms with Crippen LogP contribution in [0.25, 0.3) is 5.69 Å². The fourth-order valence-corrected chi connectivity index (χ4v) is 2.13. The van der Waals surface area contributed by atoms with E-state index in [0.717, 1.165) is 16.9 Å². The Labute approximate surface area is 120 Å². The summed E-state index contributed by atoms with van der Waals surface area (Å²) in [5.41, 5.74) is 3.84. The first-order valence-corrected chi connectivity index (χ1v) is 6.15. The van der Waals surface area contributed by atoms with Gasteiger partial charge in [-0.05, 0) is 0 Å². The van der Waals surface area contributed by atoms with Crippen LogP contribution in [0.1, 0.15) is 5.56 Å². The first-order valence-electron chi connectivity index (χ1n) is 5.21. The molecule has 0 bridgehead atoms. The van der Waals surface area contributed by atoms with Crippen molar-refractivity contribution in [2.24, 2.45) is 5.73 Å². The SMILES string of the molecule is NC(=O)Oc1cnn(-c2ccccc2C(F)(F)F)c1[As]. The third kappa shape index (κ3) is 2.80. The Balaban J connectivity index is 2.53. The molecule has 1 amide bonds. The number of halogens is 3. The van der Waals surface area contributed by atoms with E-state index in [0.29, 0.717) is 0 Å². The van der Waals surface area contributed by atoms with Crippen molar-refractivity contribution in [1.29, 1.82) is 0 Å². The molecular formula is C11H7AsF3N3O2. The zero-order chi connectivity index (χ0) is 14.9. The molecule has 0 aliphatic heterocycles. The molecule has 1 aromatic heterocycles. The fraction of sp³-hybridized carbons (Fsp3) is 0.0909. The van der Waals surface area contributed by atoms with E-state index in [4.69, 9.17) is 5.73 Å². The third-order valence-electron chi connectivity index (χ3n) is 2.36. The van der Waals surface area contributed by atoms with Gasteiger partial charge in [0.05, 0.1) is 0 Å². The number of hydrogen-bond donors (Lipinski definition) is 1. The number of primary amides is 1. The van der Waals surface area contributed by atoms with Gasteiger partial charge in [-0.15, -0.1) is 0 Å². The normalized spacial score (nSPS) is 11.4. The van der Waals surface area contributed by atoms with Crippen LogP contribution in [-0.2, 0) is 6.18 Å². The van der Waals surface area contributed by atoms with Crippen molar-refractivity contribution in [3.63, 3.8) is 0 Å². The van der Waals surface area contributed by atoms with E-state index >= 15 is 0 Å². The van der Waals surface area contributed by atoms with E-state index in [9.17, 15) is 18.0 Å². The Bertz CT molecular complexity index is 655. The molecule has 0 aliphatic rings. The van der Waals surface area contributed by atoms with Crippen LogP contribution in [0.5, 0.6) is 5.75 Å². The van der Waals surface area contributed by atoms with Gasteiger partial charge < -0.3 is 0 Å². The number of carbonyl (C=O) groups is 1. The van der Waals surface area contributed by atoms with Gasteiger partial charge in [-0.3, -0.25) is 0 Å². The van der Waals surface area contributed by atoms with Gasteiger partial charge in [0.15, 0.2) is 0 Å². The van der Waals surface area contributed by atoms with E-state index in [2.05, 4.69) is 9.84 Å². The Kier molecular flexibility index (Phi) is 3.76. The Morgan fingerprint density at radius 1 is 1.35 bits per heavy atom. The van der Waals surface area contributed by atoms with Crippen LogP contribution in [0, 0.1) is 0 Å². The van der Waals surface area contributed by atoms with Crippen LogP contribution in [-0.4, -0.2) is 32.7 Å². The van der Waals surface area contributed by atoms with E-state index < -0.39 is 17.8 Å². The molecule has 0 spiro atoms. The van der Waals surface area contributed by atoms with Crippen LogP contribution in [0.2, 0.25) is 0 Å². The van der Waals surface area contributed by atoms with E-state index in [1.807, 2.05) is 16.9 Å². The van der Waals surface area contributed by atoms with Gasteiger partial charge in [-0.2, -0.15) is 0 Å². The van der Waals surface area contributed by atoms with Crippen molar-refractivity contribution in [1.82, 2.24) is 9.78 Å². The molecular weight excluding hydrogens is 338 g/mol. The van der Waals surface area contributed by atoms with Gasteiger partial charge in [0.25, 0.3) is 0 Å². The molecule has 0 saturated carbocycles. The molecule has 0 fully saturated rings. The van der Waals surface area contributed by atoms with Crippen molar-refractivity contribution < 1.29 is 22.7 Å². The fourth-order valence-electron chi connectivity index (χ4n) is 1.58. The molecule has 0 unspecified atom stereocenters. The summed E-state index contributed by atoms with van der Waals surface area (Å²) in [6.07, 6.45) is -4.47. The summed E-state index contributed by atoms with van der Waals surface area (Å²) in [7, 11) is 0.